The summed E-state index contributed by atoms with van der Waals surface area (Å²) in [5.41, 5.74) is 1.59. The van der Waals surface area contributed by atoms with Crippen LogP contribution in [0, 0.1) is 5.92 Å². The van der Waals surface area contributed by atoms with Gasteiger partial charge in [0, 0.05) is 23.7 Å². The number of nitrogens with zero attached hydrogens (tertiary/aromatic N) is 3. The second kappa shape index (κ2) is 7.16. The number of carboxylic acid groups (broad SMARTS) is 1. The summed E-state index contributed by atoms with van der Waals surface area (Å²) in [7, 11) is 0. The third-order valence-electron chi connectivity index (χ3n) is 5.11. The SMILES string of the molecule is CC1C(C(=O)O)CCN1C(=O)c1cc(-c2ccco2)n(-c2ccc(Cl)cc2)n1. The second-order valence-electron chi connectivity index (χ2n) is 6.75. The van der Waals surface area contributed by atoms with Gasteiger partial charge in [-0.1, -0.05) is 11.6 Å². The molecule has 144 valence electrons. The molecule has 4 rings (SSSR count). The molecule has 1 saturated heterocycles. The van der Waals surface area contributed by atoms with Crippen molar-refractivity contribution in [2.75, 3.05) is 6.54 Å². The van der Waals surface area contributed by atoms with Crippen LogP contribution in [-0.2, 0) is 4.79 Å². The molecule has 1 amide bonds. The molecule has 0 radical (unpaired) electrons. The van der Waals surface area contributed by atoms with Crippen LogP contribution in [0.25, 0.3) is 17.1 Å². The van der Waals surface area contributed by atoms with Gasteiger partial charge in [-0.2, -0.15) is 5.10 Å². The maximum absolute atomic E-state index is 13.1. The van der Waals surface area contributed by atoms with E-state index in [1.807, 2.05) is 0 Å². The van der Waals surface area contributed by atoms with E-state index in [0.29, 0.717) is 29.4 Å². The molecule has 2 unspecified atom stereocenters. The molecule has 28 heavy (non-hydrogen) atoms. The van der Waals surface area contributed by atoms with Gasteiger partial charge in [-0.05, 0) is 49.7 Å². The number of carbonyl (C=O) groups excluding carboxylic acids is 1. The van der Waals surface area contributed by atoms with Gasteiger partial charge in [0.05, 0.1) is 17.9 Å². The van der Waals surface area contributed by atoms with Crippen LogP contribution in [0.3, 0.4) is 0 Å². The maximum atomic E-state index is 13.1. The Morgan fingerprint density at radius 3 is 2.61 bits per heavy atom. The number of amides is 1. The molecule has 0 spiro atoms. The predicted molar refractivity (Wildman–Crippen MR) is 103 cm³/mol. The smallest absolute Gasteiger partial charge is 0.308 e. The first-order valence-corrected chi connectivity index (χ1v) is 9.27. The van der Waals surface area contributed by atoms with Crippen molar-refractivity contribution in [1.82, 2.24) is 14.7 Å². The monoisotopic (exact) mass is 399 g/mol. The number of furan rings is 1. The summed E-state index contributed by atoms with van der Waals surface area (Å²) in [5, 5.41) is 14.4. The van der Waals surface area contributed by atoms with Gasteiger partial charge in [0.25, 0.3) is 5.91 Å². The molecular formula is C20H18ClN3O4. The van der Waals surface area contributed by atoms with Gasteiger partial charge in [-0.25, -0.2) is 4.68 Å². The predicted octanol–water partition coefficient (Wildman–Crippen LogP) is 3.72. The van der Waals surface area contributed by atoms with Crippen LogP contribution in [0.15, 0.2) is 53.1 Å². The number of halogens is 1. The van der Waals surface area contributed by atoms with E-state index in [9.17, 15) is 14.7 Å². The van der Waals surface area contributed by atoms with Gasteiger partial charge in [0.2, 0.25) is 0 Å². The number of aliphatic carboxylic acids is 1. The first-order valence-electron chi connectivity index (χ1n) is 8.89. The minimum absolute atomic E-state index is 0.235. The van der Waals surface area contributed by atoms with Gasteiger partial charge in [-0.3, -0.25) is 9.59 Å². The highest BCUT2D eigenvalue weighted by Crippen LogP contribution is 2.29. The van der Waals surface area contributed by atoms with Gasteiger partial charge in [0.15, 0.2) is 11.5 Å². The number of hydrogen-bond acceptors (Lipinski definition) is 4. The molecule has 3 aromatic rings. The van der Waals surface area contributed by atoms with Crippen LogP contribution in [0.1, 0.15) is 23.8 Å². The lowest BCUT2D eigenvalue weighted by atomic mass is 10.0. The van der Waals surface area contributed by atoms with E-state index in [2.05, 4.69) is 5.10 Å². The van der Waals surface area contributed by atoms with Crippen LogP contribution in [0.4, 0.5) is 0 Å². The third kappa shape index (κ3) is 3.18. The van der Waals surface area contributed by atoms with Gasteiger partial charge in [0.1, 0.15) is 5.69 Å². The lowest BCUT2D eigenvalue weighted by Gasteiger charge is -2.22. The van der Waals surface area contributed by atoms with Crippen molar-refractivity contribution in [2.24, 2.45) is 5.92 Å². The minimum atomic E-state index is -0.884. The maximum Gasteiger partial charge on any atom is 0.308 e. The van der Waals surface area contributed by atoms with E-state index < -0.39 is 17.9 Å². The van der Waals surface area contributed by atoms with E-state index in [1.165, 1.54) is 0 Å². The Hall–Kier alpha value is -3.06. The Balaban J connectivity index is 1.73. The zero-order valence-corrected chi connectivity index (χ0v) is 15.8. The Labute approximate surface area is 166 Å². The molecule has 0 saturated carbocycles. The van der Waals surface area contributed by atoms with Crippen molar-refractivity contribution in [3.8, 4) is 17.1 Å². The van der Waals surface area contributed by atoms with Crippen molar-refractivity contribution >= 4 is 23.5 Å². The Kier molecular flexibility index (Phi) is 4.68. The fourth-order valence-corrected chi connectivity index (χ4v) is 3.69. The fourth-order valence-electron chi connectivity index (χ4n) is 3.57. The average molecular weight is 400 g/mol. The van der Waals surface area contributed by atoms with Gasteiger partial charge < -0.3 is 14.4 Å². The van der Waals surface area contributed by atoms with Gasteiger partial charge in [-0.15, -0.1) is 0 Å². The Morgan fingerprint density at radius 2 is 2.00 bits per heavy atom. The summed E-state index contributed by atoms with van der Waals surface area (Å²) in [6.45, 7) is 2.15. The highest BCUT2D eigenvalue weighted by molar-refractivity contribution is 6.30. The Bertz CT molecular complexity index is 1010. The number of carboxylic acids is 1. The van der Waals surface area contributed by atoms with Crippen molar-refractivity contribution < 1.29 is 19.1 Å². The summed E-state index contributed by atoms with van der Waals surface area (Å²) in [6.07, 6.45) is 1.99. The topological polar surface area (TPSA) is 88.6 Å². The first-order chi connectivity index (χ1) is 13.5. The van der Waals surface area contributed by atoms with Crippen molar-refractivity contribution in [3.05, 3.63) is 59.4 Å². The molecule has 1 aliphatic rings. The van der Waals surface area contributed by atoms with E-state index >= 15 is 0 Å². The molecule has 1 aromatic carbocycles. The number of likely N-dealkylation sites (tertiary alicyclic amines) is 1. The molecule has 3 heterocycles. The summed E-state index contributed by atoms with van der Waals surface area (Å²) in [5.74, 6) is -1.17. The zero-order valence-electron chi connectivity index (χ0n) is 15.1. The molecule has 7 nitrogen and oxygen atoms in total. The quantitative estimate of drug-likeness (QED) is 0.722. The van der Waals surface area contributed by atoms with Crippen LogP contribution in [0.5, 0.6) is 0 Å². The molecule has 0 aliphatic carbocycles. The van der Waals surface area contributed by atoms with Crippen LogP contribution in [-0.4, -0.2) is 44.3 Å². The van der Waals surface area contributed by atoms with Crippen LogP contribution in [0.2, 0.25) is 5.02 Å². The molecule has 2 aromatic heterocycles. The lowest BCUT2D eigenvalue weighted by Crippen LogP contribution is -2.37. The number of benzene rings is 1. The molecule has 8 heteroatoms. The standard InChI is InChI=1S/C20H18ClN3O4/c1-12-15(20(26)27)8-9-23(12)19(25)16-11-17(18-3-2-10-28-18)24(22-16)14-6-4-13(21)5-7-14/h2-7,10-12,15H,8-9H2,1H3,(H,26,27). The summed E-state index contributed by atoms with van der Waals surface area (Å²) in [6, 6.07) is 11.9. The number of hydrogen-bond donors (Lipinski definition) is 1. The third-order valence-corrected chi connectivity index (χ3v) is 5.36. The zero-order chi connectivity index (χ0) is 19.8. The van der Waals surface area contributed by atoms with Crippen LogP contribution >= 0.6 is 11.6 Å². The normalized spacial score (nSPS) is 19.1. The van der Waals surface area contributed by atoms with E-state index in [-0.39, 0.29) is 11.6 Å². The second-order valence-corrected chi connectivity index (χ2v) is 7.19. The van der Waals surface area contributed by atoms with Gasteiger partial charge >= 0.3 is 5.97 Å². The highest BCUT2D eigenvalue weighted by Gasteiger charge is 2.39. The summed E-state index contributed by atoms with van der Waals surface area (Å²) >= 11 is 5.98. The van der Waals surface area contributed by atoms with Crippen molar-refractivity contribution in [2.45, 2.75) is 19.4 Å². The molecule has 2 atom stereocenters. The molecule has 1 fully saturated rings. The van der Waals surface area contributed by atoms with E-state index in [4.69, 9.17) is 16.0 Å². The molecule has 1 aliphatic heterocycles. The molecule has 0 bridgehead atoms. The fraction of sp³-hybridized carbons (Fsp3) is 0.250. The van der Waals surface area contributed by atoms with Crippen molar-refractivity contribution in [1.29, 1.82) is 0 Å². The largest absolute Gasteiger partial charge is 0.481 e. The minimum Gasteiger partial charge on any atom is -0.481 e. The number of aromatic nitrogens is 2. The van der Waals surface area contributed by atoms with Crippen LogP contribution < -0.4 is 0 Å². The summed E-state index contributed by atoms with van der Waals surface area (Å²) in [4.78, 5) is 26.0. The van der Waals surface area contributed by atoms with E-state index in [1.54, 1.807) is 65.2 Å². The molecule has 1 N–H and O–H groups in total. The van der Waals surface area contributed by atoms with Crippen molar-refractivity contribution in [3.63, 3.8) is 0 Å². The first kappa shape index (κ1) is 18.3. The Morgan fingerprint density at radius 1 is 1.25 bits per heavy atom. The molecular weight excluding hydrogens is 382 g/mol. The lowest BCUT2D eigenvalue weighted by molar-refractivity contribution is -0.142. The van der Waals surface area contributed by atoms with E-state index in [0.717, 1.165) is 5.69 Å². The number of carbonyl (C=O) groups is 2. The highest BCUT2D eigenvalue weighted by atomic mass is 35.5. The average Bonchev–Trinajstić information content (AvgIpc) is 3.40. The summed E-state index contributed by atoms with van der Waals surface area (Å²) < 4.78 is 7.13. The number of rotatable bonds is 4.